The second-order valence-electron chi connectivity index (χ2n) is 4.18. The van der Waals surface area contributed by atoms with Gasteiger partial charge in [-0.3, -0.25) is 0 Å². The van der Waals surface area contributed by atoms with E-state index >= 15 is 0 Å². The molecular weight excluding hydrogens is 227 g/mol. The molecule has 0 aliphatic carbocycles. The van der Waals surface area contributed by atoms with Gasteiger partial charge >= 0.3 is 0 Å². The smallest absolute Gasteiger partial charge is 0.142 e. The predicted octanol–water partition coefficient (Wildman–Crippen LogP) is 2.55. The first-order valence-electron chi connectivity index (χ1n) is 5.42. The van der Waals surface area contributed by atoms with Crippen LogP contribution in [-0.2, 0) is 6.54 Å². The van der Waals surface area contributed by atoms with E-state index in [1.54, 1.807) is 6.07 Å². The topological polar surface area (TPSA) is 38.0 Å². The van der Waals surface area contributed by atoms with Crippen molar-refractivity contribution in [3.63, 3.8) is 0 Å². The summed E-state index contributed by atoms with van der Waals surface area (Å²) < 4.78 is 13.2. The summed E-state index contributed by atoms with van der Waals surface area (Å²) in [5, 5.41) is 3.47. The molecule has 3 N–H and O–H groups in total. The molecule has 0 amide bonds. The van der Waals surface area contributed by atoms with E-state index in [1.807, 2.05) is 6.07 Å². The van der Waals surface area contributed by atoms with Crippen molar-refractivity contribution in [1.29, 1.82) is 0 Å². The van der Waals surface area contributed by atoms with Crippen LogP contribution < -0.4 is 11.1 Å². The average molecular weight is 245 g/mol. The minimum atomic E-state index is -0.380. The number of benzene rings is 1. The molecule has 1 aromatic rings. The molecule has 1 unspecified atom stereocenters. The summed E-state index contributed by atoms with van der Waals surface area (Å²) in [6.07, 6.45) is 0. The fourth-order valence-corrected chi connectivity index (χ4v) is 1.71. The van der Waals surface area contributed by atoms with E-state index in [1.165, 1.54) is 6.07 Å². The van der Waals surface area contributed by atoms with Crippen molar-refractivity contribution in [3.05, 3.63) is 34.6 Å². The maximum atomic E-state index is 13.2. The second-order valence-corrected chi connectivity index (χ2v) is 4.56. The lowest BCUT2D eigenvalue weighted by Gasteiger charge is -2.20. The van der Waals surface area contributed by atoms with Gasteiger partial charge in [0.1, 0.15) is 5.82 Å². The zero-order valence-electron chi connectivity index (χ0n) is 9.63. The van der Waals surface area contributed by atoms with E-state index in [0.29, 0.717) is 19.0 Å². The van der Waals surface area contributed by atoms with Gasteiger partial charge in [0.2, 0.25) is 0 Å². The molecule has 0 spiro atoms. The Bertz CT molecular complexity index is 342. The third-order valence-electron chi connectivity index (χ3n) is 2.64. The second kappa shape index (κ2) is 6.18. The molecule has 0 bridgehead atoms. The number of nitrogens with two attached hydrogens (primary N) is 1. The summed E-state index contributed by atoms with van der Waals surface area (Å²) in [5.41, 5.74) is 6.40. The number of hydrogen-bond donors (Lipinski definition) is 2. The highest BCUT2D eigenvalue weighted by molar-refractivity contribution is 6.31. The van der Waals surface area contributed by atoms with Crippen LogP contribution in [0, 0.1) is 11.7 Å². The molecule has 16 heavy (non-hydrogen) atoms. The summed E-state index contributed by atoms with van der Waals surface area (Å²) in [4.78, 5) is 0. The standard InChI is InChI=1S/C12H18ClFN2/c1-8(2)11(6-15)16-7-9-4-3-5-10(14)12(9)13/h3-5,8,11,16H,6-7,15H2,1-2H3. The monoisotopic (exact) mass is 244 g/mol. The molecule has 0 aliphatic heterocycles. The van der Waals surface area contributed by atoms with Crippen LogP contribution in [0.25, 0.3) is 0 Å². The van der Waals surface area contributed by atoms with E-state index in [2.05, 4.69) is 19.2 Å². The van der Waals surface area contributed by atoms with Gasteiger partial charge in [0.15, 0.2) is 0 Å². The third-order valence-corrected chi connectivity index (χ3v) is 3.07. The molecule has 0 aromatic heterocycles. The van der Waals surface area contributed by atoms with Crippen molar-refractivity contribution >= 4 is 11.6 Å². The summed E-state index contributed by atoms with van der Waals surface area (Å²) in [5.74, 6) is 0.0622. The van der Waals surface area contributed by atoms with Crippen LogP contribution in [0.15, 0.2) is 18.2 Å². The fraction of sp³-hybridized carbons (Fsp3) is 0.500. The summed E-state index contributed by atoms with van der Waals surface area (Å²) in [6, 6.07) is 5.05. The predicted molar refractivity (Wildman–Crippen MR) is 65.9 cm³/mol. The molecule has 1 atom stereocenters. The molecule has 90 valence electrons. The molecule has 0 heterocycles. The fourth-order valence-electron chi connectivity index (χ4n) is 1.52. The van der Waals surface area contributed by atoms with Crippen molar-refractivity contribution in [3.8, 4) is 0 Å². The Morgan fingerprint density at radius 3 is 2.69 bits per heavy atom. The molecule has 1 aromatic carbocycles. The van der Waals surface area contributed by atoms with E-state index in [9.17, 15) is 4.39 Å². The lowest BCUT2D eigenvalue weighted by molar-refractivity contribution is 0.404. The summed E-state index contributed by atoms with van der Waals surface area (Å²) >= 11 is 5.85. The van der Waals surface area contributed by atoms with Gasteiger partial charge in [0.05, 0.1) is 5.02 Å². The Labute approximate surface area is 101 Å². The minimum Gasteiger partial charge on any atom is -0.329 e. The van der Waals surface area contributed by atoms with Crippen molar-refractivity contribution in [2.45, 2.75) is 26.4 Å². The molecule has 1 rings (SSSR count). The van der Waals surface area contributed by atoms with Gasteiger partial charge in [0, 0.05) is 19.1 Å². The molecular formula is C12H18ClFN2. The lowest BCUT2D eigenvalue weighted by Crippen LogP contribution is -2.39. The molecule has 2 nitrogen and oxygen atoms in total. The highest BCUT2D eigenvalue weighted by Crippen LogP contribution is 2.19. The highest BCUT2D eigenvalue weighted by atomic mass is 35.5. The van der Waals surface area contributed by atoms with E-state index in [-0.39, 0.29) is 16.9 Å². The van der Waals surface area contributed by atoms with Crippen LogP contribution in [0.4, 0.5) is 4.39 Å². The maximum absolute atomic E-state index is 13.2. The first-order valence-corrected chi connectivity index (χ1v) is 5.80. The van der Waals surface area contributed by atoms with Gasteiger partial charge in [-0.15, -0.1) is 0 Å². The summed E-state index contributed by atoms with van der Waals surface area (Å²) in [7, 11) is 0. The van der Waals surface area contributed by atoms with Gasteiger partial charge in [-0.2, -0.15) is 0 Å². The SMILES string of the molecule is CC(C)C(CN)NCc1cccc(F)c1Cl. The molecule has 0 saturated heterocycles. The molecule has 0 fully saturated rings. The van der Waals surface area contributed by atoms with Crippen molar-refractivity contribution in [2.24, 2.45) is 11.7 Å². The molecule has 0 aliphatic rings. The highest BCUT2D eigenvalue weighted by Gasteiger charge is 2.12. The lowest BCUT2D eigenvalue weighted by atomic mass is 10.0. The Morgan fingerprint density at radius 2 is 2.12 bits per heavy atom. The number of rotatable bonds is 5. The Kier molecular flexibility index (Phi) is 5.19. The zero-order chi connectivity index (χ0) is 12.1. The molecule has 0 radical (unpaired) electrons. The van der Waals surface area contributed by atoms with Crippen molar-refractivity contribution in [1.82, 2.24) is 5.32 Å². The first-order chi connectivity index (χ1) is 7.56. The number of hydrogen-bond acceptors (Lipinski definition) is 2. The number of halogens is 2. The van der Waals surface area contributed by atoms with Crippen molar-refractivity contribution < 1.29 is 4.39 Å². The van der Waals surface area contributed by atoms with Gasteiger partial charge in [-0.25, -0.2) is 4.39 Å². The average Bonchev–Trinajstić information content (AvgIpc) is 2.24. The number of nitrogens with one attached hydrogen (secondary N) is 1. The van der Waals surface area contributed by atoms with Crippen LogP contribution >= 0.6 is 11.6 Å². The first kappa shape index (κ1) is 13.4. The van der Waals surface area contributed by atoms with Crippen molar-refractivity contribution in [2.75, 3.05) is 6.54 Å². The molecule has 0 saturated carbocycles. The van der Waals surface area contributed by atoms with E-state index < -0.39 is 0 Å². The van der Waals surface area contributed by atoms with Gasteiger partial charge < -0.3 is 11.1 Å². The van der Waals surface area contributed by atoms with Crippen LogP contribution in [0.2, 0.25) is 5.02 Å². The van der Waals surface area contributed by atoms with Crippen LogP contribution in [0.3, 0.4) is 0 Å². The normalized spacial score (nSPS) is 13.1. The van der Waals surface area contributed by atoms with Crippen LogP contribution in [-0.4, -0.2) is 12.6 Å². The maximum Gasteiger partial charge on any atom is 0.142 e. The Balaban J connectivity index is 2.64. The zero-order valence-corrected chi connectivity index (χ0v) is 10.4. The van der Waals surface area contributed by atoms with Crippen LogP contribution in [0.5, 0.6) is 0 Å². The van der Waals surface area contributed by atoms with Gasteiger partial charge in [-0.1, -0.05) is 37.6 Å². The summed E-state index contributed by atoms with van der Waals surface area (Å²) in [6.45, 7) is 5.29. The van der Waals surface area contributed by atoms with Gasteiger partial charge in [0.25, 0.3) is 0 Å². The largest absolute Gasteiger partial charge is 0.329 e. The Morgan fingerprint density at radius 1 is 1.44 bits per heavy atom. The third kappa shape index (κ3) is 3.44. The van der Waals surface area contributed by atoms with E-state index in [0.717, 1.165) is 5.56 Å². The molecule has 4 heteroatoms. The Hall–Kier alpha value is -0.640. The quantitative estimate of drug-likeness (QED) is 0.836. The minimum absolute atomic E-state index is 0.189. The van der Waals surface area contributed by atoms with Gasteiger partial charge in [-0.05, 0) is 17.5 Å². The van der Waals surface area contributed by atoms with E-state index in [4.69, 9.17) is 17.3 Å². The van der Waals surface area contributed by atoms with Crippen LogP contribution in [0.1, 0.15) is 19.4 Å².